The Morgan fingerprint density at radius 2 is 2.39 bits per heavy atom. The van der Waals surface area contributed by atoms with Gasteiger partial charge in [-0.3, -0.25) is 4.79 Å². The number of hydrogen-bond acceptors (Lipinski definition) is 6. The Hall–Kier alpha value is -2.20. The second kappa shape index (κ2) is 4.98. The predicted octanol–water partition coefficient (Wildman–Crippen LogP) is 1.80. The predicted molar refractivity (Wildman–Crippen MR) is 65.1 cm³/mol. The van der Waals surface area contributed by atoms with Crippen molar-refractivity contribution >= 4 is 22.4 Å². The summed E-state index contributed by atoms with van der Waals surface area (Å²) in [5, 5.41) is 15.5. The van der Waals surface area contributed by atoms with Crippen molar-refractivity contribution in [3.63, 3.8) is 0 Å². The van der Waals surface area contributed by atoms with E-state index in [1.807, 2.05) is 6.07 Å². The summed E-state index contributed by atoms with van der Waals surface area (Å²) in [6.07, 6.45) is 1.61. The summed E-state index contributed by atoms with van der Waals surface area (Å²) in [5.74, 6) is 0.433. The first-order chi connectivity index (χ1) is 8.60. The summed E-state index contributed by atoms with van der Waals surface area (Å²) in [6.45, 7) is 3.55. The molecule has 0 atom stereocenters. The third kappa shape index (κ3) is 2.55. The van der Waals surface area contributed by atoms with E-state index in [0.29, 0.717) is 21.5 Å². The molecule has 0 radical (unpaired) electrons. The molecule has 2 heterocycles. The molecule has 18 heavy (non-hydrogen) atoms. The van der Waals surface area contributed by atoms with Crippen molar-refractivity contribution < 1.29 is 9.32 Å². The summed E-state index contributed by atoms with van der Waals surface area (Å²) in [6, 6.07) is 1.96. The van der Waals surface area contributed by atoms with Crippen LogP contribution in [0.2, 0.25) is 0 Å². The summed E-state index contributed by atoms with van der Waals surface area (Å²) < 4.78 is 4.98. The van der Waals surface area contributed by atoms with Crippen molar-refractivity contribution in [2.45, 2.75) is 20.3 Å². The second-order valence-corrected chi connectivity index (χ2v) is 4.70. The quantitative estimate of drug-likeness (QED) is 0.910. The van der Waals surface area contributed by atoms with Gasteiger partial charge in [0.1, 0.15) is 16.7 Å². The molecule has 7 heteroatoms. The number of nitrogens with one attached hydrogen (secondary N) is 1. The monoisotopic (exact) mass is 262 g/mol. The van der Waals surface area contributed by atoms with Crippen LogP contribution in [0.25, 0.3) is 0 Å². The standard InChI is InChI=1S/C11H10N4O2S/c1-6-9(7(2)17-15-6)3-10(16)14-11-13-5-8(4-12)18-11/h5H,3H2,1-2H3,(H,13,14,16). The van der Waals surface area contributed by atoms with Gasteiger partial charge in [0.2, 0.25) is 5.91 Å². The smallest absolute Gasteiger partial charge is 0.230 e. The molecule has 2 rings (SSSR count). The Morgan fingerprint density at radius 3 is 2.94 bits per heavy atom. The fourth-order valence-corrected chi connectivity index (χ4v) is 2.09. The first kappa shape index (κ1) is 12.3. The fourth-order valence-electron chi connectivity index (χ4n) is 1.46. The maximum absolute atomic E-state index is 11.8. The van der Waals surface area contributed by atoms with Gasteiger partial charge in [0.05, 0.1) is 18.3 Å². The van der Waals surface area contributed by atoms with Crippen molar-refractivity contribution in [1.82, 2.24) is 10.1 Å². The average molecular weight is 262 g/mol. The van der Waals surface area contributed by atoms with Crippen molar-refractivity contribution in [3.05, 3.63) is 28.1 Å². The third-order valence-electron chi connectivity index (χ3n) is 2.38. The highest BCUT2D eigenvalue weighted by Gasteiger charge is 2.14. The van der Waals surface area contributed by atoms with Gasteiger partial charge in [-0.25, -0.2) is 4.98 Å². The SMILES string of the molecule is Cc1noc(C)c1CC(=O)Nc1ncc(C#N)s1. The topological polar surface area (TPSA) is 91.8 Å². The highest BCUT2D eigenvalue weighted by Crippen LogP contribution is 2.18. The van der Waals surface area contributed by atoms with E-state index in [0.717, 1.165) is 16.9 Å². The van der Waals surface area contributed by atoms with Gasteiger partial charge in [-0.1, -0.05) is 16.5 Å². The van der Waals surface area contributed by atoms with Gasteiger partial charge in [-0.2, -0.15) is 5.26 Å². The number of aryl methyl sites for hydroxylation is 2. The Bertz CT molecular complexity index is 604. The van der Waals surface area contributed by atoms with E-state index in [1.165, 1.54) is 6.20 Å². The van der Waals surface area contributed by atoms with Crippen LogP contribution in [0.4, 0.5) is 5.13 Å². The number of nitriles is 1. The molecule has 0 aliphatic carbocycles. The molecule has 0 saturated heterocycles. The Morgan fingerprint density at radius 1 is 1.61 bits per heavy atom. The molecule has 0 bridgehead atoms. The summed E-state index contributed by atoms with van der Waals surface area (Å²) >= 11 is 1.14. The Kier molecular flexibility index (Phi) is 3.39. The maximum Gasteiger partial charge on any atom is 0.230 e. The van der Waals surface area contributed by atoms with Crippen molar-refractivity contribution in [2.24, 2.45) is 0 Å². The molecule has 0 spiro atoms. The van der Waals surface area contributed by atoms with Gasteiger partial charge in [0.15, 0.2) is 5.13 Å². The molecule has 0 fully saturated rings. The Labute approximate surface area is 107 Å². The number of anilines is 1. The van der Waals surface area contributed by atoms with E-state index in [1.54, 1.807) is 13.8 Å². The molecule has 0 aromatic carbocycles. The van der Waals surface area contributed by atoms with Crippen LogP contribution >= 0.6 is 11.3 Å². The number of aromatic nitrogens is 2. The third-order valence-corrected chi connectivity index (χ3v) is 3.20. The van der Waals surface area contributed by atoms with Crippen LogP contribution < -0.4 is 5.32 Å². The summed E-state index contributed by atoms with van der Waals surface area (Å²) in [4.78, 5) is 16.2. The van der Waals surface area contributed by atoms with Crippen LogP contribution in [0.1, 0.15) is 21.9 Å². The molecule has 6 nitrogen and oxygen atoms in total. The molecule has 2 aromatic heterocycles. The van der Waals surface area contributed by atoms with Gasteiger partial charge in [-0.05, 0) is 13.8 Å². The van der Waals surface area contributed by atoms with E-state index in [-0.39, 0.29) is 12.3 Å². The molecular formula is C11H10N4O2S. The van der Waals surface area contributed by atoms with E-state index in [9.17, 15) is 4.79 Å². The molecule has 2 aromatic rings. The minimum Gasteiger partial charge on any atom is -0.361 e. The van der Waals surface area contributed by atoms with Crippen LogP contribution in [0.15, 0.2) is 10.7 Å². The molecule has 0 saturated carbocycles. The summed E-state index contributed by atoms with van der Waals surface area (Å²) in [7, 11) is 0. The van der Waals surface area contributed by atoms with Crippen molar-refractivity contribution in [3.8, 4) is 6.07 Å². The van der Waals surface area contributed by atoms with Gasteiger partial charge >= 0.3 is 0 Å². The van der Waals surface area contributed by atoms with Gasteiger partial charge in [0, 0.05) is 5.56 Å². The second-order valence-electron chi connectivity index (χ2n) is 3.67. The lowest BCUT2D eigenvalue weighted by atomic mass is 10.1. The summed E-state index contributed by atoms with van der Waals surface area (Å²) in [5.41, 5.74) is 1.49. The van der Waals surface area contributed by atoms with Gasteiger partial charge < -0.3 is 9.84 Å². The Balaban J connectivity index is 2.03. The number of thiazole rings is 1. The lowest BCUT2D eigenvalue weighted by Gasteiger charge is -2.00. The van der Waals surface area contributed by atoms with E-state index in [4.69, 9.17) is 9.78 Å². The molecule has 0 aliphatic heterocycles. The lowest BCUT2D eigenvalue weighted by molar-refractivity contribution is -0.115. The van der Waals surface area contributed by atoms with Crippen LogP contribution in [0, 0.1) is 25.2 Å². The molecular weight excluding hydrogens is 252 g/mol. The molecule has 1 amide bonds. The van der Waals surface area contributed by atoms with Gasteiger partial charge in [0.25, 0.3) is 0 Å². The highest BCUT2D eigenvalue weighted by atomic mass is 32.1. The first-order valence-electron chi connectivity index (χ1n) is 5.17. The van der Waals surface area contributed by atoms with E-state index < -0.39 is 0 Å². The largest absolute Gasteiger partial charge is 0.361 e. The van der Waals surface area contributed by atoms with Gasteiger partial charge in [-0.15, -0.1) is 0 Å². The molecule has 0 unspecified atom stereocenters. The lowest BCUT2D eigenvalue weighted by Crippen LogP contribution is -2.14. The molecule has 0 aliphatic rings. The zero-order chi connectivity index (χ0) is 13.1. The fraction of sp³-hybridized carbons (Fsp3) is 0.273. The number of hydrogen-bond donors (Lipinski definition) is 1. The minimum absolute atomic E-state index is 0.183. The number of carbonyl (C=O) groups is 1. The van der Waals surface area contributed by atoms with Crippen molar-refractivity contribution in [2.75, 3.05) is 5.32 Å². The number of carbonyl (C=O) groups excluding carboxylic acids is 1. The van der Waals surface area contributed by atoms with E-state index in [2.05, 4.69) is 15.5 Å². The minimum atomic E-state index is -0.205. The number of nitrogens with zero attached hydrogens (tertiary/aromatic N) is 3. The number of rotatable bonds is 3. The van der Waals surface area contributed by atoms with Crippen LogP contribution in [-0.2, 0) is 11.2 Å². The normalized spacial score (nSPS) is 10.1. The number of amides is 1. The highest BCUT2D eigenvalue weighted by molar-refractivity contribution is 7.16. The zero-order valence-electron chi connectivity index (χ0n) is 9.85. The molecule has 92 valence electrons. The van der Waals surface area contributed by atoms with Crippen LogP contribution in [0.3, 0.4) is 0 Å². The van der Waals surface area contributed by atoms with Crippen LogP contribution in [0.5, 0.6) is 0 Å². The maximum atomic E-state index is 11.8. The zero-order valence-corrected chi connectivity index (χ0v) is 10.7. The van der Waals surface area contributed by atoms with E-state index >= 15 is 0 Å². The first-order valence-corrected chi connectivity index (χ1v) is 5.99. The molecule has 1 N–H and O–H groups in total. The average Bonchev–Trinajstić information content (AvgIpc) is 2.91. The van der Waals surface area contributed by atoms with Crippen LogP contribution in [-0.4, -0.2) is 16.0 Å². The van der Waals surface area contributed by atoms with Crippen molar-refractivity contribution in [1.29, 1.82) is 5.26 Å².